The molecule has 4 aliphatic rings. The predicted molar refractivity (Wildman–Crippen MR) is 140 cm³/mol. The van der Waals surface area contributed by atoms with Crippen molar-refractivity contribution in [3.63, 3.8) is 0 Å². The molecule has 1 spiro atoms. The van der Waals surface area contributed by atoms with E-state index in [1.807, 2.05) is 19.1 Å². The monoisotopic (exact) mass is 549 g/mol. The van der Waals surface area contributed by atoms with Crippen LogP contribution in [0.5, 0.6) is 0 Å². The zero-order chi connectivity index (χ0) is 26.2. The topological polar surface area (TPSA) is 97.0 Å². The highest BCUT2D eigenvalue weighted by Gasteiger charge is 2.72. The van der Waals surface area contributed by atoms with Gasteiger partial charge in [0.1, 0.15) is 11.6 Å². The van der Waals surface area contributed by atoms with Crippen molar-refractivity contribution >= 4 is 46.6 Å². The zero-order valence-electron chi connectivity index (χ0n) is 20.9. The van der Waals surface area contributed by atoms with Gasteiger partial charge in [0.05, 0.1) is 17.9 Å². The second kappa shape index (κ2) is 10.9. The van der Waals surface area contributed by atoms with Crippen molar-refractivity contribution in [3.8, 4) is 0 Å². The Morgan fingerprint density at radius 2 is 1.86 bits per heavy atom. The van der Waals surface area contributed by atoms with Crippen LogP contribution in [-0.2, 0) is 23.9 Å². The Labute approximate surface area is 227 Å². The molecule has 8 nitrogen and oxygen atoms in total. The van der Waals surface area contributed by atoms with E-state index in [0.29, 0.717) is 41.9 Å². The van der Waals surface area contributed by atoms with Gasteiger partial charge in [-0.1, -0.05) is 54.6 Å². The number of ether oxygens (including phenoxy) is 2. The molecule has 5 rings (SSSR count). The molecular weight excluding hydrogens is 517 g/mol. The van der Waals surface area contributed by atoms with Crippen molar-refractivity contribution in [2.24, 2.45) is 11.8 Å². The van der Waals surface area contributed by atoms with E-state index in [4.69, 9.17) is 32.7 Å². The first-order valence-corrected chi connectivity index (χ1v) is 13.9. The van der Waals surface area contributed by atoms with Gasteiger partial charge >= 0.3 is 0 Å². The molecule has 2 N–H and O–H groups in total. The van der Waals surface area contributed by atoms with Gasteiger partial charge in [0.2, 0.25) is 17.7 Å². The van der Waals surface area contributed by atoms with Gasteiger partial charge in [-0.05, 0) is 44.4 Å². The number of carbonyl (C=O) groups excluding carboxylic acids is 3. The lowest BCUT2D eigenvalue weighted by atomic mass is 9.74. The minimum absolute atomic E-state index is 0.0892. The van der Waals surface area contributed by atoms with Gasteiger partial charge in [-0.2, -0.15) is 0 Å². The van der Waals surface area contributed by atoms with Gasteiger partial charge in [-0.25, -0.2) is 0 Å². The molecule has 5 atom stereocenters. The highest BCUT2D eigenvalue weighted by atomic mass is 35.5. The predicted octanol–water partition coefficient (Wildman–Crippen LogP) is 3.96. The lowest BCUT2D eigenvalue weighted by Crippen LogP contribution is -2.56. The second-order valence-electron chi connectivity index (χ2n) is 10.3. The third kappa shape index (κ3) is 5.01. The van der Waals surface area contributed by atoms with E-state index in [1.165, 1.54) is 6.42 Å². The van der Waals surface area contributed by atoms with E-state index < -0.39 is 29.6 Å². The van der Waals surface area contributed by atoms with Gasteiger partial charge in [0.15, 0.2) is 0 Å². The third-order valence-corrected chi connectivity index (χ3v) is 8.33. The molecule has 1 aromatic rings. The molecule has 2 bridgehead atoms. The van der Waals surface area contributed by atoms with Crippen LogP contribution in [0.1, 0.15) is 45.4 Å². The van der Waals surface area contributed by atoms with E-state index >= 15 is 0 Å². The zero-order valence-corrected chi connectivity index (χ0v) is 22.4. The van der Waals surface area contributed by atoms with Crippen LogP contribution >= 0.6 is 23.2 Å². The standard InChI is InChI=1S/C27H33Cl2N3O5/c1-2-36-12-6-11-32-23(25(34)30-18-7-4-3-5-8-18)27-10-9-20(37-27)21(22(27)26(32)35)24(33)31-19-14-16(28)13-17(29)15-19/h9-10,13-15,18,20-23H,2-8,11-12H2,1H3,(H,30,34)(H,31,33)/t20-,21?,22-,23?,27?/m1/s1. The van der Waals surface area contributed by atoms with Crippen molar-refractivity contribution < 1.29 is 23.9 Å². The maximum atomic E-state index is 13.9. The Balaban J connectivity index is 1.41. The minimum Gasteiger partial charge on any atom is -0.382 e. The van der Waals surface area contributed by atoms with E-state index in [1.54, 1.807) is 23.1 Å². The summed E-state index contributed by atoms with van der Waals surface area (Å²) in [6.45, 7) is 3.32. The Hall–Kier alpha value is -2.13. The van der Waals surface area contributed by atoms with E-state index in [2.05, 4.69) is 10.6 Å². The quantitative estimate of drug-likeness (QED) is 0.359. The van der Waals surface area contributed by atoms with Gasteiger partial charge in [-0.15, -0.1) is 0 Å². The average Bonchev–Trinajstić information content (AvgIpc) is 3.49. The van der Waals surface area contributed by atoms with Crippen LogP contribution < -0.4 is 10.6 Å². The molecule has 37 heavy (non-hydrogen) atoms. The Morgan fingerprint density at radius 1 is 1.14 bits per heavy atom. The summed E-state index contributed by atoms with van der Waals surface area (Å²) in [6, 6.07) is 4.02. The lowest BCUT2D eigenvalue weighted by molar-refractivity contribution is -0.141. The normalized spacial score (nSPS) is 30.6. The smallest absolute Gasteiger partial charge is 0.246 e. The molecule has 2 saturated heterocycles. The largest absolute Gasteiger partial charge is 0.382 e. The summed E-state index contributed by atoms with van der Waals surface area (Å²) < 4.78 is 11.9. The minimum atomic E-state index is -1.18. The summed E-state index contributed by atoms with van der Waals surface area (Å²) in [7, 11) is 0. The first-order chi connectivity index (χ1) is 17.8. The number of carbonyl (C=O) groups is 3. The fourth-order valence-corrected chi connectivity index (χ4v) is 6.89. The molecule has 3 aliphatic heterocycles. The molecule has 1 saturated carbocycles. The molecule has 3 heterocycles. The highest BCUT2D eigenvalue weighted by molar-refractivity contribution is 6.35. The van der Waals surface area contributed by atoms with E-state index in [9.17, 15) is 14.4 Å². The molecule has 0 aromatic heterocycles. The Kier molecular flexibility index (Phi) is 7.82. The molecule has 0 radical (unpaired) electrons. The number of nitrogens with zero attached hydrogens (tertiary/aromatic N) is 1. The van der Waals surface area contributed by atoms with Crippen molar-refractivity contribution in [2.75, 3.05) is 25.1 Å². The molecule has 3 amide bonds. The van der Waals surface area contributed by atoms with Crippen LogP contribution in [0, 0.1) is 11.8 Å². The second-order valence-corrected chi connectivity index (χ2v) is 11.1. The average molecular weight is 550 g/mol. The number of likely N-dealkylation sites (tertiary alicyclic amines) is 1. The number of rotatable bonds is 9. The maximum absolute atomic E-state index is 13.9. The van der Waals surface area contributed by atoms with Gasteiger partial charge in [0.25, 0.3) is 0 Å². The van der Waals surface area contributed by atoms with Crippen LogP contribution in [0.2, 0.25) is 10.0 Å². The SMILES string of the molecule is CCOCCCN1C(=O)[C@H]2C(C(=O)Nc3cc(Cl)cc(Cl)c3)[C@H]3C=CC2(O3)C1C(=O)NC1CCCCC1. The molecule has 10 heteroatoms. The Bertz CT molecular complexity index is 1070. The van der Waals surface area contributed by atoms with Crippen molar-refractivity contribution in [1.29, 1.82) is 0 Å². The number of hydrogen-bond donors (Lipinski definition) is 2. The summed E-state index contributed by atoms with van der Waals surface area (Å²) in [5.41, 5.74) is -0.742. The van der Waals surface area contributed by atoms with Crippen LogP contribution in [-0.4, -0.2) is 66.2 Å². The van der Waals surface area contributed by atoms with Crippen molar-refractivity contribution in [2.45, 2.75) is 69.2 Å². The number of anilines is 1. The molecule has 3 fully saturated rings. The summed E-state index contributed by atoms with van der Waals surface area (Å²) in [5.74, 6) is -2.40. The Morgan fingerprint density at radius 3 is 2.57 bits per heavy atom. The molecular formula is C27H33Cl2N3O5. The summed E-state index contributed by atoms with van der Waals surface area (Å²) >= 11 is 12.2. The molecule has 200 valence electrons. The van der Waals surface area contributed by atoms with Gasteiger partial charge in [0, 0.05) is 41.5 Å². The molecule has 3 unspecified atom stereocenters. The van der Waals surface area contributed by atoms with Crippen LogP contribution in [0.4, 0.5) is 5.69 Å². The fraction of sp³-hybridized carbons (Fsp3) is 0.593. The third-order valence-electron chi connectivity index (χ3n) is 7.90. The number of nitrogens with one attached hydrogen (secondary N) is 2. The number of amides is 3. The van der Waals surface area contributed by atoms with Crippen LogP contribution in [0.3, 0.4) is 0 Å². The maximum Gasteiger partial charge on any atom is 0.246 e. The molecule has 1 aliphatic carbocycles. The fourth-order valence-electron chi connectivity index (χ4n) is 6.37. The molecule has 1 aromatic carbocycles. The first-order valence-electron chi connectivity index (χ1n) is 13.2. The number of hydrogen-bond acceptors (Lipinski definition) is 5. The number of halogens is 2. The van der Waals surface area contributed by atoms with E-state index in [-0.39, 0.29) is 23.8 Å². The van der Waals surface area contributed by atoms with Crippen molar-refractivity contribution in [1.82, 2.24) is 10.2 Å². The van der Waals surface area contributed by atoms with Crippen molar-refractivity contribution in [3.05, 3.63) is 40.4 Å². The summed E-state index contributed by atoms with van der Waals surface area (Å²) in [6.07, 6.45) is 8.81. The number of fused-ring (bicyclic) bond motifs is 1. The lowest BCUT2D eigenvalue weighted by Gasteiger charge is -2.34. The highest BCUT2D eigenvalue weighted by Crippen LogP contribution is 2.55. The van der Waals surface area contributed by atoms with Crippen LogP contribution in [0.25, 0.3) is 0 Å². The summed E-state index contributed by atoms with van der Waals surface area (Å²) in [4.78, 5) is 42.7. The number of benzene rings is 1. The first kappa shape index (κ1) is 26.5. The van der Waals surface area contributed by atoms with Gasteiger partial charge in [-0.3, -0.25) is 14.4 Å². The van der Waals surface area contributed by atoms with Crippen LogP contribution in [0.15, 0.2) is 30.4 Å². The summed E-state index contributed by atoms with van der Waals surface area (Å²) in [5, 5.41) is 6.82. The van der Waals surface area contributed by atoms with E-state index in [0.717, 1.165) is 25.7 Å². The van der Waals surface area contributed by atoms with Gasteiger partial charge < -0.3 is 25.0 Å².